The molecular formula is C6H8O3. The van der Waals surface area contributed by atoms with Crippen LogP contribution in [0.15, 0.2) is 0 Å². The highest BCUT2D eigenvalue weighted by atomic mass is 16.6. The van der Waals surface area contributed by atoms with Gasteiger partial charge in [-0.1, -0.05) is 0 Å². The molecule has 0 aromatic heterocycles. The molecule has 0 amide bonds. The minimum absolute atomic E-state index is 0.169. The third-order valence-electron chi connectivity index (χ3n) is 1.89. The molecule has 2 heterocycles. The van der Waals surface area contributed by atoms with E-state index >= 15 is 0 Å². The van der Waals surface area contributed by atoms with Crippen molar-refractivity contribution in [3.05, 3.63) is 0 Å². The Labute approximate surface area is 52.9 Å². The number of carbonyl (C=O) groups excluding carboxylic acids is 1. The number of rotatable bonds is 0. The van der Waals surface area contributed by atoms with Crippen LogP contribution in [0.25, 0.3) is 0 Å². The van der Waals surface area contributed by atoms with Crippen molar-refractivity contribution in [2.24, 2.45) is 5.92 Å². The number of esters is 1. The van der Waals surface area contributed by atoms with Crippen LogP contribution in [0.3, 0.4) is 0 Å². The lowest BCUT2D eigenvalue weighted by Gasteiger charge is -1.98. The molecule has 0 saturated carbocycles. The van der Waals surface area contributed by atoms with Gasteiger partial charge in [0, 0.05) is 12.5 Å². The average molecular weight is 128 g/mol. The highest BCUT2D eigenvalue weighted by Crippen LogP contribution is 2.27. The fraction of sp³-hybridized carbons (Fsp3) is 0.833. The number of cyclic esters (lactones) is 1. The highest BCUT2D eigenvalue weighted by molar-refractivity contribution is 5.77. The smallest absolute Gasteiger partial charge is 0.335 e. The Morgan fingerprint density at radius 3 is 3.22 bits per heavy atom. The lowest BCUT2D eigenvalue weighted by atomic mass is 10.1. The number of carbonyl (C=O) groups is 1. The van der Waals surface area contributed by atoms with Crippen LogP contribution in [0.4, 0.5) is 0 Å². The molecule has 0 bridgehead atoms. The zero-order valence-electron chi connectivity index (χ0n) is 5.00. The van der Waals surface area contributed by atoms with E-state index in [1.807, 2.05) is 0 Å². The van der Waals surface area contributed by atoms with Gasteiger partial charge in [0.05, 0.1) is 6.61 Å². The molecule has 0 aromatic rings. The van der Waals surface area contributed by atoms with Gasteiger partial charge < -0.3 is 9.47 Å². The average Bonchev–Trinajstić information content (AvgIpc) is 2.35. The molecule has 2 aliphatic heterocycles. The number of ether oxygens (including phenoxy) is 2. The lowest BCUT2D eigenvalue weighted by molar-refractivity contribution is -0.146. The Bertz CT molecular complexity index is 143. The van der Waals surface area contributed by atoms with Crippen molar-refractivity contribution in [1.82, 2.24) is 0 Å². The molecule has 0 aliphatic carbocycles. The molecule has 2 atom stereocenters. The van der Waals surface area contributed by atoms with Gasteiger partial charge in [-0.05, 0) is 6.42 Å². The van der Waals surface area contributed by atoms with Crippen molar-refractivity contribution >= 4 is 5.97 Å². The summed E-state index contributed by atoms with van der Waals surface area (Å²) < 4.78 is 9.87. The molecular weight excluding hydrogens is 120 g/mol. The fourth-order valence-electron chi connectivity index (χ4n) is 1.34. The molecule has 2 saturated heterocycles. The van der Waals surface area contributed by atoms with E-state index in [9.17, 15) is 4.79 Å². The summed E-state index contributed by atoms with van der Waals surface area (Å²) in [4.78, 5) is 10.7. The van der Waals surface area contributed by atoms with Gasteiger partial charge in [0.25, 0.3) is 0 Å². The van der Waals surface area contributed by atoms with Crippen LogP contribution in [-0.4, -0.2) is 25.3 Å². The summed E-state index contributed by atoms with van der Waals surface area (Å²) in [5.41, 5.74) is 0. The topological polar surface area (TPSA) is 35.5 Å². The van der Waals surface area contributed by atoms with Gasteiger partial charge in [-0.3, -0.25) is 0 Å². The van der Waals surface area contributed by atoms with Crippen molar-refractivity contribution in [1.29, 1.82) is 0 Å². The number of fused-ring (bicyclic) bond motifs is 1. The Morgan fingerprint density at radius 2 is 2.44 bits per heavy atom. The fourth-order valence-corrected chi connectivity index (χ4v) is 1.34. The molecule has 2 fully saturated rings. The van der Waals surface area contributed by atoms with Crippen LogP contribution in [0.1, 0.15) is 6.42 Å². The van der Waals surface area contributed by atoms with Gasteiger partial charge in [0.2, 0.25) is 0 Å². The Kier molecular flexibility index (Phi) is 0.990. The van der Waals surface area contributed by atoms with Crippen LogP contribution in [0.5, 0.6) is 0 Å². The van der Waals surface area contributed by atoms with Crippen LogP contribution in [-0.2, 0) is 14.3 Å². The first-order chi connectivity index (χ1) is 4.38. The van der Waals surface area contributed by atoms with E-state index < -0.39 is 0 Å². The van der Waals surface area contributed by atoms with Gasteiger partial charge in [0.1, 0.15) is 0 Å². The maximum Gasteiger partial charge on any atom is 0.335 e. The quantitative estimate of drug-likeness (QED) is 0.429. The SMILES string of the molecule is O=C1OCC2CCOC12. The predicted molar refractivity (Wildman–Crippen MR) is 28.8 cm³/mol. The van der Waals surface area contributed by atoms with Crippen LogP contribution < -0.4 is 0 Å². The van der Waals surface area contributed by atoms with Crippen LogP contribution in [0.2, 0.25) is 0 Å². The van der Waals surface area contributed by atoms with Crippen molar-refractivity contribution in [2.45, 2.75) is 12.5 Å². The number of hydrogen-bond donors (Lipinski definition) is 0. The van der Waals surface area contributed by atoms with Crippen LogP contribution >= 0.6 is 0 Å². The maximum atomic E-state index is 10.7. The first kappa shape index (κ1) is 5.23. The second-order valence-corrected chi connectivity index (χ2v) is 2.47. The van der Waals surface area contributed by atoms with Crippen LogP contribution in [0, 0.1) is 5.92 Å². The standard InChI is InChI=1S/C6H8O3/c7-6-5-4(3-9-6)1-2-8-5/h4-5H,1-3H2. The van der Waals surface area contributed by atoms with E-state index in [1.165, 1.54) is 0 Å². The second-order valence-electron chi connectivity index (χ2n) is 2.47. The third-order valence-corrected chi connectivity index (χ3v) is 1.89. The van der Waals surface area contributed by atoms with E-state index in [0.29, 0.717) is 12.5 Å². The monoisotopic (exact) mass is 128 g/mol. The van der Waals surface area contributed by atoms with Crippen molar-refractivity contribution in [3.63, 3.8) is 0 Å². The summed E-state index contributed by atoms with van der Waals surface area (Å²) >= 11 is 0. The molecule has 50 valence electrons. The van der Waals surface area contributed by atoms with E-state index in [4.69, 9.17) is 9.47 Å². The summed E-state index contributed by atoms with van der Waals surface area (Å²) in [7, 11) is 0. The molecule has 0 aromatic carbocycles. The van der Waals surface area contributed by atoms with E-state index in [1.54, 1.807) is 0 Å². The zero-order valence-corrected chi connectivity index (χ0v) is 5.00. The van der Waals surface area contributed by atoms with E-state index in [-0.39, 0.29) is 12.1 Å². The van der Waals surface area contributed by atoms with Gasteiger partial charge in [0.15, 0.2) is 6.10 Å². The third kappa shape index (κ3) is 0.645. The molecule has 3 heteroatoms. The minimum Gasteiger partial charge on any atom is -0.463 e. The maximum absolute atomic E-state index is 10.7. The Balaban J connectivity index is 2.15. The molecule has 0 radical (unpaired) electrons. The van der Waals surface area contributed by atoms with Gasteiger partial charge in [-0.2, -0.15) is 0 Å². The van der Waals surface area contributed by atoms with Crippen molar-refractivity contribution < 1.29 is 14.3 Å². The largest absolute Gasteiger partial charge is 0.463 e. The van der Waals surface area contributed by atoms with Gasteiger partial charge in [-0.25, -0.2) is 4.79 Å². The summed E-state index contributed by atoms with van der Waals surface area (Å²) in [5, 5.41) is 0. The predicted octanol–water partition coefficient (Wildman–Crippen LogP) is -0.0517. The summed E-state index contributed by atoms with van der Waals surface area (Å²) in [6, 6.07) is 0. The zero-order chi connectivity index (χ0) is 6.27. The second kappa shape index (κ2) is 1.70. The molecule has 2 unspecified atom stereocenters. The minimum atomic E-state index is -0.218. The normalized spacial score (nSPS) is 40.7. The lowest BCUT2D eigenvalue weighted by Crippen LogP contribution is -2.17. The van der Waals surface area contributed by atoms with E-state index in [0.717, 1.165) is 13.0 Å². The molecule has 3 nitrogen and oxygen atoms in total. The molecule has 0 N–H and O–H groups in total. The van der Waals surface area contributed by atoms with Gasteiger partial charge in [-0.15, -0.1) is 0 Å². The first-order valence-corrected chi connectivity index (χ1v) is 3.16. The summed E-state index contributed by atoms with van der Waals surface area (Å²) in [5.74, 6) is 0.190. The van der Waals surface area contributed by atoms with Crippen molar-refractivity contribution in [2.75, 3.05) is 13.2 Å². The Hall–Kier alpha value is -0.570. The summed E-state index contributed by atoms with van der Waals surface area (Å²) in [6.07, 6.45) is 0.765. The Morgan fingerprint density at radius 1 is 1.56 bits per heavy atom. The molecule has 9 heavy (non-hydrogen) atoms. The van der Waals surface area contributed by atoms with Gasteiger partial charge >= 0.3 is 5.97 Å². The highest BCUT2D eigenvalue weighted by Gasteiger charge is 2.41. The first-order valence-electron chi connectivity index (χ1n) is 3.16. The molecule has 0 spiro atoms. The number of hydrogen-bond acceptors (Lipinski definition) is 3. The summed E-state index contributed by atoms with van der Waals surface area (Å²) in [6.45, 7) is 1.30. The van der Waals surface area contributed by atoms with E-state index in [2.05, 4.69) is 0 Å². The molecule has 2 aliphatic rings. The van der Waals surface area contributed by atoms with Crippen molar-refractivity contribution in [3.8, 4) is 0 Å². The molecule has 2 rings (SSSR count).